The molecule has 1 fully saturated rings. The quantitative estimate of drug-likeness (QED) is 0.0459. The molecule has 1 saturated heterocycles. The Labute approximate surface area is 342 Å². The minimum Gasteiger partial charge on any atom is -0.480 e. The second-order valence-electron chi connectivity index (χ2n) is 16.8. The lowest BCUT2D eigenvalue weighted by Gasteiger charge is -2.37. The molecule has 1 aliphatic heterocycles. The van der Waals surface area contributed by atoms with Crippen LogP contribution in [-0.4, -0.2) is 62.9 Å². The van der Waals surface area contributed by atoms with Crippen LogP contribution in [0.25, 0.3) is 0 Å². The molecule has 0 aliphatic carbocycles. The molecule has 2 N–H and O–H groups in total. The van der Waals surface area contributed by atoms with Crippen LogP contribution in [0.5, 0.6) is 5.75 Å². The van der Waals surface area contributed by atoms with Crippen molar-refractivity contribution in [1.82, 2.24) is 15.1 Å². The smallest absolute Gasteiger partial charge is 0.333 e. The monoisotopic (exact) mass is 802 g/mol. The molecule has 308 valence electrons. The number of benzene rings is 3. The number of nitrogens with one attached hydrogen (secondary N) is 2. The zero-order valence-corrected chi connectivity index (χ0v) is 36.0. The highest BCUT2D eigenvalue weighted by atomic mass is 35.5. The van der Waals surface area contributed by atoms with Crippen molar-refractivity contribution in [2.24, 2.45) is 5.41 Å². The number of imide groups is 1. The van der Waals surface area contributed by atoms with E-state index in [-0.39, 0.29) is 36.1 Å². The fourth-order valence-corrected chi connectivity index (χ4v) is 7.05. The molecule has 0 aromatic heterocycles. The zero-order chi connectivity index (χ0) is 42.6. The van der Waals surface area contributed by atoms with E-state index in [2.05, 4.69) is 58.2 Å². The molecule has 5 amide bonds. The number of Topliss-reactive ketones (excluding diaryl/α,β-unsaturated/α-hetero) is 1. The summed E-state index contributed by atoms with van der Waals surface area (Å²) < 4.78 is 12.7. The second-order valence-corrected chi connectivity index (χ2v) is 17.3. The van der Waals surface area contributed by atoms with Crippen molar-refractivity contribution in [2.75, 3.05) is 11.9 Å². The molecule has 57 heavy (non-hydrogen) atoms. The van der Waals surface area contributed by atoms with Crippen LogP contribution in [0.4, 0.5) is 10.5 Å². The molecule has 3 unspecified atom stereocenters. The molecular formula is C45H59ClN4O7. The summed E-state index contributed by atoms with van der Waals surface area (Å²) in [5.41, 5.74) is 1.17. The predicted molar refractivity (Wildman–Crippen MR) is 223 cm³/mol. The van der Waals surface area contributed by atoms with E-state index in [1.165, 1.54) is 20.8 Å². The number of carbonyl (C=O) groups is 5. The Bertz CT molecular complexity index is 1950. The molecule has 12 heteroatoms. The Morgan fingerprint density at radius 2 is 1.39 bits per heavy atom. The second kappa shape index (κ2) is 17.4. The van der Waals surface area contributed by atoms with Crippen LogP contribution in [0.1, 0.15) is 112 Å². The fourth-order valence-electron chi connectivity index (χ4n) is 6.57. The van der Waals surface area contributed by atoms with Crippen molar-refractivity contribution in [1.29, 1.82) is 0 Å². The van der Waals surface area contributed by atoms with Crippen molar-refractivity contribution in [3.05, 3.63) is 95.6 Å². The van der Waals surface area contributed by atoms with Gasteiger partial charge in [0.15, 0.2) is 11.9 Å². The standard InChI is InChI=1S/C45H59ClN4O7/c1-12-34(57-35-27-26-31(42(8,9)13-2)28-33(35)43(10,11)14-3)36(51)48-45(56-15-4)39(54)50(40(55)49(45)29-30-22-18-16-19-23-30)44(46,37(52)41(5,6)7)38(53)47-32-24-20-17-21-25-32/h16-28,34H,12-15,29H2,1-11H3,(H,47,53)(H,48,51). The Kier molecular flexibility index (Phi) is 13.7. The minimum atomic E-state index is -2.91. The van der Waals surface area contributed by atoms with Crippen LogP contribution >= 0.6 is 11.6 Å². The molecule has 4 rings (SSSR count). The molecule has 1 aliphatic rings. The number of alkyl halides is 1. The number of anilines is 1. The lowest BCUT2D eigenvalue weighted by atomic mass is 9.76. The van der Waals surface area contributed by atoms with Crippen LogP contribution in [0.15, 0.2) is 78.9 Å². The van der Waals surface area contributed by atoms with E-state index in [9.17, 15) is 19.2 Å². The van der Waals surface area contributed by atoms with E-state index < -0.39 is 51.9 Å². The van der Waals surface area contributed by atoms with E-state index >= 15 is 4.79 Å². The fraction of sp³-hybridized carbons (Fsp3) is 0.489. The summed E-state index contributed by atoms with van der Waals surface area (Å²) in [6.45, 7) is 20.3. The van der Waals surface area contributed by atoms with Gasteiger partial charge in [-0.3, -0.25) is 29.4 Å². The summed E-state index contributed by atoms with van der Waals surface area (Å²) in [7, 11) is 0. The zero-order valence-electron chi connectivity index (χ0n) is 35.2. The first-order valence-electron chi connectivity index (χ1n) is 19.7. The van der Waals surface area contributed by atoms with Gasteiger partial charge >= 0.3 is 17.8 Å². The number of halogens is 1. The first-order chi connectivity index (χ1) is 26.6. The number of hydrogen-bond donors (Lipinski definition) is 2. The van der Waals surface area contributed by atoms with E-state index in [0.29, 0.717) is 16.2 Å². The summed E-state index contributed by atoms with van der Waals surface area (Å²) in [6.07, 6.45) is 0.726. The van der Waals surface area contributed by atoms with Gasteiger partial charge in [0.25, 0.3) is 16.8 Å². The molecule has 0 radical (unpaired) electrons. The highest BCUT2D eigenvalue weighted by Gasteiger charge is 2.69. The topological polar surface area (TPSA) is 134 Å². The third kappa shape index (κ3) is 9.05. The van der Waals surface area contributed by atoms with Crippen LogP contribution in [0.3, 0.4) is 0 Å². The van der Waals surface area contributed by atoms with Crippen LogP contribution in [0.2, 0.25) is 0 Å². The third-order valence-electron chi connectivity index (χ3n) is 10.9. The molecule has 3 aromatic rings. The molecule has 0 saturated carbocycles. The van der Waals surface area contributed by atoms with Gasteiger partial charge in [-0.15, -0.1) is 0 Å². The summed E-state index contributed by atoms with van der Waals surface area (Å²) >= 11 is 7.13. The molecule has 11 nitrogen and oxygen atoms in total. The minimum absolute atomic E-state index is 0.101. The average molecular weight is 803 g/mol. The Hall–Kier alpha value is -4.74. The van der Waals surface area contributed by atoms with Crippen molar-refractivity contribution in [3.63, 3.8) is 0 Å². The Balaban J connectivity index is 1.86. The van der Waals surface area contributed by atoms with Crippen molar-refractivity contribution in [2.45, 2.75) is 130 Å². The molecule has 0 spiro atoms. The first-order valence-corrected chi connectivity index (χ1v) is 20.1. The molecular weight excluding hydrogens is 744 g/mol. The summed E-state index contributed by atoms with van der Waals surface area (Å²) in [6, 6.07) is 21.9. The van der Waals surface area contributed by atoms with Crippen molar-refractivity contribution < 1.29 is 33.4 Å². The van der Waals surface area contributed by atoms with Gasteiger partial charge in [-0.1, -0.05) is 142 Å². The van der Waals surface area contributed by atoms with Gasteiger partial charge in [0.1, 0.15) is 5.75 Å². The SMILES string of the molecule is CCOC1(NC(=O)C(CC)Oc2ccc(C(C)(C)CC)cc2C(C)(C)CC)C(=O)N(C(Cl)(C(=O)Nc2ccccc2)C(=O)C(C)(C)C)C(=O)N1Cc1ccccc1. The molecule has 0 bridgehead atoms. The van der Waals surface area contributed by atoms with E-state index in [1.54, 1.807) is 74.5 Å². The lowest BCUT2D eigenvalue weighted by molar-refractivity contribution is -0.182. The normalized spacial score (nSPS) is 17.9. The van der Waals surface area contributed by atoms with Crippen molar-refractivity contribution in [3.8, 4) is 5.75 Å². The van der Waals surface area contributed by atoms with Gasteiger partial charge in [-0.2, -0.15) is 0 Å². The van der Waals surface area contributed by atoms with E-state index in [1.807, 2.05) is 12.1 Å². The maximum atomic E-state index is 15.1. The number of rotatable bonds is 17. The summed E-state index contributed by atoms with van der Waals surface area (Å²) in [4.78, 5) is 71.7. The number of amides is 5. The average Bonchev–Trinajstić information content (AvgIpc) is 3.37. The first kappa shape index (κ1) is 45.0. The number of hydrogen-bond acceptors (Lipinski definition) is 7. The number of ether oxygens (including phenoxy) is 2. The van der Waals surface area contributed by atoms with Gasteiger partial charge in [0.05, 0.1) is 6.54 Å². The van der Waals surface area contributed by atoms with Crippen LogP contribution < -0.4 is 15.4 Å². The van der Waals surface area contributed by atoms with Crippen molar-refractivity contribution >= 4 is 46.8 Å². The highest BCUT2D eigenvalue weighted by Crippen LogP contribution is 2.42. The number of ketones is 1. The van der Waals surface area contributed by atoms with Gasteiger partial charge in [0.2, 0.25) is 0 Å². The number of carbonyl (C=O) groups excluding carboxylic acids is 5. The summed E-state index contributed by atoms with van der Waals surface area (Å²) in [5, 5.41) is 5.33. The van der Waals surface area contributed by atoms with Gasteiger partial charge in [-0.25, -0.2) is 9.69 Å². The van der Waals surface area contributed by atoms with Gasteiger partial charge in [-0.05, 0) is 66.3 Å². The predicted octanol–water partition coefficient (Wildman–Crippen LogP) is 8.68. The van der Waals surface area contributed by atoms with E-state index in [4.69, 9.17) is 21.1 Å². The number of urea groups is 1. The Morgan fingerprint density at radius 3 is 1.91 bits per heavy atom. The Morgan fingerprint density at radius 1 is 0.807 bits per heavy atom. The maximum absolute atomic E-state index is 15.1. The molecule has 1 heterocycles. The third-order valence-corrected chi connectivity index (χ3v) is 11.5. The van der Waals surface area contributed by atoms with E-state index in [0.717, 1.165) is 28.9 Å². The highest BCUT2D eigenvalue weighted by molar-refractivity contribution is 6.50. The van der Waals surface area contributed by atoms with Crippen LogP contribution in [-0.2, 0) is 41.3 Å². The maximum Gasteiger partial charge on any atom is 0.333 e. The largest absolute Gasteiger partial charge is 0.480 e. The number of para-hydroxylation sites is 1. The molecule has 3 atom stereocenters. The lowest BCUT2D eigenvalue weighted by Crippen LogP contribution is -2.67. The number of nitrogens with zero attached hydrogens (tertiary/aromatic N) is 2. The van der Waals surface area contributed by atoms with Gasteiger partial charge < -0.3 is 14.8 Å². The van der Waals surface area contributed by atoms with Crippen LogP contribution in [0, 0.1) is 5.41 Å². The molecule has 3 aromatic carbocycles. The summed E-state index contributed by atoms with van der Waals surface area (Å²) in [5.74, 6) is -6.08. The van der Waals surface area contributed by atoms with Gasteiger partial charge in [0, 0.05) is 23.3 Å².